The zero-order valence-electron chi connectivity index (χ0n) is 14.1. The number of benzene rings is 1. The highest BCUT2D eigenvalue weighted by Gasteiger charge is 2.42. The van der Waals surface area contributed by atoms with Gasteiger partial charge in [0.25, 0.3) is 0 Å². The second-order valence-corrected chi connectivity index (χ2v) is 8.17. The molecule has 3 aliphatic rings. The van der Waals surface area contributed by atoms with E-state index in [0.29, 0.717) is 0 Å². The normalized spacial score (nSPS) is 30.5. The van der Waals surface area contributed by atoms with Gasteiger partial charge in [0.2, 0.25) is 0 Å². The van der Waals surface area contributed by atoms with Crippen LogP contribution in [0, 0.1) is 5.92 Å². The molecule has 0 radical (unpaired) electrons. The Morgan fingerprint density at radius 1 is 0.957 bits per heavy atom. The van der Waals surface area contributed by atoms with Crippen LogP contribution >= 0.6 is 11.6 Å². The molecule has 2 aliphatic heterocycles. The standard InChI is InChI=1S/C20H29ClN2/c21-18-9-4-6-16(14-18)15-23-13-12-22-11-5-10-19(22)20(23)17-7-2-1-3-8-17/h4,6,9,14,17,19-20H,1-3,5,7-8,10-13,15H2/t19-,20+/m0/s1. The summed E-state index contributed by atoms with van der Waals surface area (Å²) in [5.74, 6) is 0.911. The lowest BCUT2D eigenvalue weighted by Gasteiger charge is -2.49. The largest absolute Gasteiger partial charge is 0.298 e. The van der Waals surface area contributed by atoms with E-state index in [1.807, 2.05) is 6.07 Å². The van der Waals surface area contributed by atoms with E-state index in [-0.39, 0.29) is 0 Å². The first kappa shape index (κ1) is 15.9. The van der Waals surface area contributed by atoms with Crippen molar-refractivity contribution in [1.29, 1.82) is 0 Å². The van der Waals surface area contributed by atoms with Crippen LogP contribution in [0.15, 0.2) is 24.3 Å². The van der Waals surface area contributed by atoms with E-state index in [1.54, 1.807) is 0 Å². The molecule has 1 aromatic rings. The molecule has 1 aromatic carbocycles. The Bertz CT molecular complexity index is 526. The first-order valence-electron chi connectivity index (χ1n) is 9.54. The van der Waals surface area contributed by atoms with Gasteiger partial charge in [0.15, 0.2) is 0 Å². The highest BCUT2D eigenvalue weighted by atomic mass is 35.5. The summed E-state index contributed by atoms with van der Waals surface area (Å²) in [6, 6.07) is 10.1. The van der Waals surface area contributed by atoms with Crippen molar-refractivity contribution in [3.63, 3.8) is 0 Å². The van der Waals surface area contributed by atoms with Gasteiger partial charge in [-0.3, -0.25) is 9.80 Å². The third-order valence-electron chi connectivity index (χ3n) is 6.31. The molecule has 2 heterocycles. The molecule has 0 bridgehead atoms. The molecular formula is C20H29ClN2. The number of piperazine rings is 1. The maximum Gasteiger partial charge on any atom is 0.0409 e. The van der Waals surface area contributed by atoms with Gasteiger partial charge in [-0.2, -0.15) is 0 Å². The van der Waals surface area contributed by atoms with Crippen molar-refractivity contribution in [2.24, 2.45) is 5.92 Å². The van der Waals surface area contributed by atoms with Gasteiger partial charge < -0.3 is 0 Å². The topological polar surface area (TPSA) is 6.48 Å². The summed E-state index contributed by atoms with van der Waals surface area (Å²) >= 11 is 6.21. The highest BCUT2D eigenvalue weighted by molar-refractivity contribution is 6.30. The molecule has 23 heavy (non-hydrogen) atoms. The summed E-state index contributed by atoms with van der Waals surface area (Å²) in [7, 11) is 0. The smallest absolute Gasteiger partial charge is 0.0409 e. The fraction of sp³-hybridized carbons (Fsp3) is 0.700. The van der Waals surface area contributed by atoms with Crippen molar-refractivity contribution in [2.75, 3.05) is 19.6 Å². The van der Waals surface area contributed by atoms with E-state index in [9.17, 15) is 0 Å². The number of hydrogen-bond donors (Lipinski definition) is 0. The summed E-state index contributed by atoms with van der Waals surface area (Å²) in [5, 5.41) is 0.871. The minimum absolute atomic E-state index is 0.769. The van der Waals surface area contributed by atoms with Gasteiger partial charge in [0.05, 0.1) is 0 Å². The number of rotatable bonds is 3. The van der Waals surface area contributed by atoms with Crippen molar-refractivity contribution in [1.82, 2.24) is 9.80 Å². The summed E-state index contributed by atoms with van der Waals surface area (Å²) < 4.78 is 0. The fourth-order valence-electron chi connectivity index (χ4n) is 5.31. The predicted octanol–water partition coefficient (Wildman–Crippen LogP) is 4.57. The first-order chi connectivity index (χ1) is 11.3. The second-order valence-electron chi connectivity index (χ2n) is 7.73. The quantitative estimate of drug-likeness (QED) is 0.800. The van der Waals surface area contributed by atoms with Gasteiger partial charge in [-0.15, -0.1) is 0 Å². The lowest BCUT2D eigenvalue weighted by molar-refractivity contribution is -0.00379. The predicted molar refractivity (Wildman–Crippen MR) is 96.8 cm³/mol. The van der Waals surface area contributed by atoms with Crippen LogP contribution in [0.25, 0.3) is 0 Å². The van der Waals surface area contributed by atoms with Crippen molar-refractivity contribution in [2.45, 2.75) is 63.6 Å². The summed E-state index contributed by atoms with van der Waals surface area (Å²) in [4.78, 5) is 5.59. The molecule has 3 fully saturated rings. The molecule has 0 spiro atoms. The van der Waals surface area contributed by atoms with Gasteiger partial charge in [-0.05, 0) is 55.8 Å². The summed E-state index contributed by atoms with van der Waals surface area (Å²) in [6.45, 7) is 4.89. The Labute approximate surface area is 145 Å². The molecule has 4 rings (SSSR count). The average molecular weight is 333 g/mol. The van der Waals surface area contributed by atoms with Crippen LogP contribution in [0.2, 0.25) is 5.02 Å². The molecule has 2 nitrogen and oxygen atoms in total. The third kappa shape index (κ3) is 3.45. The first-order valence-corrected chi connectivity index (χ1v) is 9.91. The second kappa shape index (κ2) is 7.13. The minimum Gasteiger partial charge on any atom is -0.298 e. The maximum absolute atomic E-state index is 6.21. The Morgan fingerprint density at radius 3 is 2.65 bits per heavy atom. The van der Waals surface area contributed by atoms with Crippen molar-refractivity contribution >= 4 is 11.6 Å². The van der Waals surface area contributed by atoms with Gasteiger partial charge >= 0.3 is 0 Å². The molecule has 0 unspecified atom stereocenters. The molecule has 2 saturated heterocycles. The van der Waals surface area contributed by atoms with E-state index >= 15 is 0 Å². The van der Waals surface area contributed by atoms with Gasteiger partial charge in [-0.1, -0.05) is 43.0 Å². The zero-order valence-corrected chi connectivity index (χ0v) is 14.8. The van der Waals surface area contributed by atoms with Crippen molar-refractivity contribution in [3.8, 4) is 0 Å². The molecule has 2 atom stereocenters. The zero-order chi connectivity index (χ0) is 15.6. The number of halogens is 1. The molecular weight excluding hydrogens is 304 g/mol. The number of fused-ring (bicyclic) bond motifs is 1. The lowest BCUT2D eigenvalue weighted by atomic mass is 9.78. The van der Waals surface area contributed by atoms with Crippen LogP contribution in [0.4, 0.5) is 0 Å². The van der Waals surface area contributed by atoms with Crippen LogP contribution in [-0.4, -0.2) is 41.5 Å². The summed E-state index contributed by atoms with van der Waals surface area (Å²) in [6.07, 6.45) is 10.0. The number of hydrogen-bond acceptors (Lipinski definition) is 2. The Kier molecular flexibility index (Phi) is 4.93. The van der Waals surface area contributed by atoms with E-state index in [0.717, 1.165) is 29.6 Å². The maximum atomic E-state index is 6.21. The minimum atomic E-state index is 0.769. The molecule has 3 heteroatoms. The van der Waals surface area contributed by atoms with Crippen LogP contribution in [-0.2, 0) is 6.54 Å². The van der Waals surface area contributed by atoms with Crippen molar-refractivity contribution < 1.29 is 0 Å². The van der Waals surface area contributed by atoms with E-state index in [1.165, 1.54) is 70.1 Å². The van der Waals surface area contributed by atoms with E-state index in [2.05, 4.69) is 28.0 Å². The molecule has 0 amide bonds. The molecule has 0 aromatic heterocycles. The molecule has 0 N–H and O–H groups in total. The average Bonchev–Trinajstić information content (AvgIpc) is 3.04. The Balaban J connectivity index is 1.55. The van der Waals surface area contributed by atoms with Crippen LogP contribution < -0.4 is 0 Å². The SMILES string of the molecule is Clc1cccc(CN2CCN3CCC[C@H]3[C@H]2C2CCCCC2)c1. The van der Waals surface area contributed by atoms with Gasteiger partial charge in [-0.25, -0.2) is 0 Å². The Morgan fingerprint density at radius 2 is 1.83 bits per heavy atom. The molecule has 1 saturated carbocycles. The van der Waals surface area contributed by atoms with E-state index < -0.39 is 0 Å². The van der Waals surface area contributed by atoms with E-state index in [4.69, 9.17) is 11.6 Å². The van der Waals surface area contributed by atoms with Crippen molar-refractivity contribution in [3.05, 3.63) is 34.9 Å². The van der Waals surface area contributed by atoms with Crippen LogP contribution in [0.5, 0.6) is 0 Å². The Hall–Kier alpha value is -0.570. The molecule has 1 aliphatic carbocycles. The van der Waals surface area contributed by atoms with Crippen LogP contribution in [0.3, 0.4) is 0 Å². The fourth-order valence-corrected chi connectivity index (χ4v) is 5.52. The number of nitrogens with zero attached hydrogens (tertiary/aromatic N) is 2. The molecule has 126 valence electrons. The van der Waals surface area contributed by atoms with Gasteiger partial charge in [0.1, 0.15) is 0 Å². The van der Waals surface area contributed by atoms with Crippen LogP contribution in [0.1, 0.15) is 50.5 Å². The third-order valence-corrected chi connectivity index (χ3v) is 6.55. The highest BCUT2D eigenvalue weighted by Crippen LogP contribution is 2.38. The monoisotopic (exact) mass is 332 g/mol. The lowest BCUT2D eigenvalue weighted by Crippen LogP contribution is -2.59. The summed E-state index contributed by atoms with van der Waals surface area (Å²) in [5.41, 5.74) is 1.38. The van der Waals surface area contributed by atoms with Gasteiger partial charge in [0, 0.05) is 36.7 Å².